The molecule has 0 atom stereocenters. The highest BCUT2D eigenvalue weighted by Gasteiger charge is 2.01. The summed E-state index contributed by atoms with van der Waals surface area (Å²) in [6, 6.07) is 13.2. The Kier molecular flexibility index (Phi) is 6.07. The standard InChI is InChI=1S/C16H15N3O2S/c20-15(9-8-13-5-2-1-3-6-13)17-12-16(21)19-18-11-14-7-4-10-22-14/h1-11H,12H2,(H,17,20)(H,19,21)/b9-8+,18-11?. The van der Waals surface area contributed by atoms with Crippen molar-refractivity contribution in [1.29, 1.82) is 0 Å². The van der Waals surface area contributed by atoms with E-state index in [1.54, 1.807) is 12.3 Å². The van der Waals surface area contributed by atoms with Gasteiger partial charge in [-0.1, -0.05) is 36.4 Å². The maximum atomic E-state index is 11.6. The van der Waals surface area contributed by atoms with Crippen LogP contribution >= 0.6 is 11.3 Å². The minimum atomic E-state index is -0.380. The van der Waals surface area contributed by atoms with Gasteiger partial charge in [0, 0.05) is 11.0 Å². The van der Waals surface area contributed by atoms with Crippen molar-refractivity contribution in [2.24, 2.45) is 5.10 Å². The van der Waals surface area contributed by atoms with Crippen LogP contribution in [0.5, 0.6) is 0 Å². The predicted molar refractivity (Wildman–Crippen MR) is 88.5 cm³/mol. The van der Waals surface area contributed by atoms with Gasteiger partial charge in [0.15, 0.2) is 0 Å². The van der Waals surface area contributed by atoms with Crippen LogP contribution in [0, 0.1) is 0 Å². The van der Waals surface area contributed by atoms with Crippen LogP contribution in [0.15, 0.2) is 59.0 Å². The lowest BCUT2D eigenvalue weighted by Gasteiger charge is -2.00. The first kappa shape index (κ1) is 15.7. The Bertz CT molecular complexity index is 664. The largest absolute Gasteiger partial charge is 0.343 e. The molecule has 1 heterocycles. The molecule has 0 aliphatic rings. The van der Waals surface area contributed by atoms with Crippen LogP contribution in [-0.4, -0.2) is 24.6 Å². The summed E-state index contributed by atoms with van der Waals surface area (Å²) in [4.78, 5) is 24.0. The lowest BCUT2D eigenvalue weighted by atomic mass is 10.2. The third-order valence-electron chi connectivity index (χ3n) is 2.57. The van der Waals surface area contributed by atoms with Gasteiger partial charge < -0.3 is 5.32 Å². The zero-order chi connectivity index (χ0) is 15.6. The summed E-state index contributed by atoms with van der Waals surface area (Å²) in [6.45, 7) is -0.125. The fourth-order valence-corrected chi connectivity index (χ4v) is 2.12. The molecule has 2 N–H and O–H groups in total. The molecule has 0 aliphatic heterocycles. The molecule has 112 valence electrons. The van der Waals surface area contributed by atoms with E-state index in [1.165, 1.54) is 17.4 Å². The van der Waals surface area contributed by atoms with Crippen molar-refractivity contribution in [2.45, 2.75) is 0 Å². The molecule has 0 aliphatic carbocycles. The molecule has 0 saturated heterocycles. The van der Waals surface area contributed by atoms with Crippen LogP contribution in [0.4, 0.5) is 0 Å². The highest BCUT2D eigenvalue weighted by Crippen LogP contribution is 2.04. The molecular weight excluding hydrogens is 298 g/mol. The number of hydrogen-bond donors (Lipinski definition) is 2. The van der Waals surface area contributed by atoms with E-state index < -0.39 is 0 Å². The van der Waals surface area contributed by atoms with E-state index in [-0.39, 0.29) is 18.4 Å². The van der Waals surface area contributed by atoms with Crippen molar-refractivity contribution in [2.75, 3.05) is 6.54 Å². The van der Waals surface area contributed by atoms with Gasteiger partial charge in [-0.25, -0.2) is 5.43 Å². The third kappa shape index (κ3) is 5.72. The van der Waals surface area contributed by atoms with E-state index in [9.17, 15) is 9.59 Å². The number of thiophene rings is 1. The zero-order valence-corrected chi connectivity index (χ0v) is 12.5. The van der Waals surface area contributed by atoms with Crippen molar-refractivity contribution >= 4 is 35.4 Å². The van der Waals surface area contributed by atoms with Gasteiger partial charge in [0.1, 0.15) is 0 Å². The van der Waals surface area contributed by atoms with Gasteiger partial charge in [0.25, 0.3) is 5.91 Å². The monoisotopic (exact) mass is 313 g/mol. The molecular formula is C16H15N3O2S. The van der Waals surface area contributed by atoms with E-state index in [0.717, 1.165) is 10.4 Å². The van der Waals surface area contributed by atoms with Gasteiger partial charge in [0.05, 0.1) is 12.8 Å². The van der Waals surface area contributed by atoms with E-state index in [2.05, 4.69) is 15.8 Å². The third-order valence-corrected chi connectivity index (χ3v) is 3.38. The molecule has 0 saturated carbocycles. The first-order valence-corrected chi connectivity index (χ1v) is 7.48. The van der Waals surface area contributed by atoms with Gasteiger partial charge in [-0.3, -0.25) is 9.59 Å². The van der Waals surface area contributed by atoms with Crippen molar-refractivity contribution in [1.82, 2.24) is 10.7 Å². The molecule has 2 rings (SSSR count). The minimum absolute atomic E-state index is 0.125. The SMILES string of the molecule is O=C(/C=C/c1ccccc1)NCC(=O)NN=Cc1cccs1. The molecule has 0 bridgehead atoms. The molecule has 0 radical (unpaired) electrons. The minimum Gasteiger partial charge on any atom is -0.343 e. The van der Waals surface area contributed by atoms with Gasteiger partial charge in [-0.15, -0.1) is 11.3 Å². The van der Waals surface area contributed by atoms with Gasteiger partial charge in [0.2, 0.25) is 5.91 Å². The van der Waals surface area contributed by atoms with Crippen molar-refractivity contribution in [3.05, 3.63) is 64.4 Å². The molecule has 1 aromatic carbocycles. The Morgan fingerprint density at radius 3 is 2.68 bits per heavy atom. The van der Waals surface area contributed by atoms with Crippen LogP contribution in [0.3, 0.4) is 0 Å². The topological polar surface area (TPSA) is 70.6 Å². The highest BCUT2D eigenvalue weighted by atomic mass is 32.1. The van der Waals surface area contributed by atoms with E-state index in [1.807, 2.05) is 47.8 Å². The number of carbonyl (C=O) groups excluding carboxylic acids is 2. The normalized spacial score (nSPS) is 10.9. The zero-order valence-electron chi connectivity index (χ0n) is 11.7. The fourth-order valence-electron chi connectivity index (χ4n) is 1.53. The Hall–Kier alpha value is -2.73. The molecule has 0 spiro atoms. The van der Waals surface area contributed by atoms with E-state index in [4.69, 9.17) is 0 Å². The molecule has 6 heteroatoms. The summed E-state index contributed by atoms with van der Waals surface area (Å²) < 4.78 is 0. The molecule has 2 aromatic rings. The van der Waals surface area contributed by atoms with Crippen molar-refractivity contribution in [3.8, 4) is 0 Å². The van der Waals surface area contributed by atoms with Crippen molar-refractivity contribution in [3.63, 3.8) is 0 Å². The number of benzene rings is 1. The second-order valence-electron chi connectivity index (χ2n) is 4.27. The summed E-state index contributed by atoms with van der Waals surface area (Å²) in [6.07, 6.45) is 4.62. The molecule has 5 nitrogen and oxygen atoms in total. The number of rotatable bonds is 6. The highest BCUT2D eigenvalue weighted by molar-refractivity contribution is 7.11. The Morgan fingerprint density at radius 2 is 1.95 bits per heavy atom. The average Bonchev–Trinajstić information content (AvgIpc) is 3.05. The number of amides is 2. The quantitative estimate of drug-likeness (QED) is 0.487. The second-order valence-corrected chi connectivity index (χ2v) is 5.25. The van der Waals surface area contributed by atoms with Crippen LogP contribution in [-0.2, 0) is 9.59 Å². The van der Waals surface area contributed by atoms with Crippen LogP contribution < -0.4 is 10.7 Å². The summed E-state index contributed by atoms with van der Waals surface area (Å²) in [5, 5.41) is 8.21. The molecule has 0 fully saturated rings. The smallest absolute Gasteiger partial charge is 0.259 e. The van der Waals surface area contributed by atoms with Gasteiger partial charge in [-0.05, 0) is 23.1 Å². The Morgan fingerprint density at radius 1 is 1.14 bits per heavy atom. The number of hydrazone groups is 1. The molecule has 22 heavy (non-hydrogen) atoms. The second kappa shape index (κ2) is 8.53. The molecule has 0 unspecified atom stereocenters. The van der Waals surface area contributed by atoms with E-state index in [0.29, 0.717) is 0 Å². The number of nitrogens with one attached hydrogen (secondary N) is 2. The summed E-state index contributed by atoms with van der Waals surface area (Å²) >= 11 is 1.52. The van der Waals surface area contributed by atoms with Gasteiger partial charge >= 0.3 is 0 Å². The Balaban J connectivity index is 1.69. The van der Waals surface area contributed by atoms with Crippen LogP contribution in [0.2, 0.25) is 0 Å². The van der Waals surface area contributed by atoms with Crippen molar-refractivity contribution < 1.29 is 9.59 Å². The summed E-state index contributed by atoms with van der Waals surface area (Å²) in [7, 11) is 0. The lowest BCUT2D eigenvalue weighted by molar-refractivity contribution is -0.123. The first-order chi connectivity index (χ1) is 10.7. The predicted octanol–water partition coefficient (Wildman–Crippen LogP) is 2.03. The van der Waals surface area contributed by atoms with Crippen LogP contribution in [0.1, 0.15) is 10.4 Å². The first-order valence-electron chi connectivity index (χ1n) is 6.60. The number of nitrogens with zero attached hydrogens (tertiary/aromatic N) is 1. The molecule has 1 aromatic heterocycles. The molecule has 2 amide bonds. The lowest BCUT2D eigenvalue weighted by Crippen LogP contribution is -2.33. The van der Waals surface area contributed by atoms with E-state index >= 15 is 0 Å². The summed E-state index contributed by atoms with van der Waals surface area (Å²) in [5.74, 6) is -0.712. The maximum Gasteiger partial charge on any atom is 0.259 e. The fraction of sp³-hybridized carbons (Fsp3) is 0.0625. The number of hydrogen-bond acceptors (Lipinski definition) is 4. The van der Waals surface area contributed by atoms with Gasteiger partial charge in [-0.2, -0.15) is 5.10 Å². The maximum absolute atomic E-state index is 11.6. The summed E-state index contributed by atoms with van der Waals surface area (Å²) in [5.41, 5.74) is 3.27. The van der Waals surface area contributed by atoms with Crippen LogP contribution in [0.25, 0.3) is 6.08 Å². The average molecular weight is 313 g/mol. The number of carbonyl (C=O) groups is 2. The Labute approximate surface area is 132 Å².